The van der Waals surface area contributed by atoms with E-state index in [1.807, 2.05) is 18.2 Å². The van der Waals surface area contributed by atoms with Crippen molar-refractivity contribution in [2.24, 2.45) is 0 Å². The van der Waals surface area contributed by atoms with Crippen LogP contribution in [0.5, 0.6) is 5.75 Å². The van der Waals surface area contributed by atoms with Crippen LogP contribution in [0.3, 0.4) is 0 Å². The van der Waals surface area contributed by atoms with Crippen LogP contribution in [0, 0.1) is 0 Å². The van der Waals surface area contributed by atoms with Crippen LogP contribution in [-0.2, 0) is 6.61 Å². The number of hydrogen-bond acceptors (Lipinski definition) is 4. The molecule has 3 aromatic rings. The number of fused-ring (bicyclic) bond motifs is 3. The molecule has 2 heterocycles. The van der Waals surface area contributed by atoms with Gasteiger partial charge in [-0.1, -0.05) is 30.3 Å². The zero-order valence-corrected chi connectivity index (χ0v) is 13.9. The molecule has 0 saturated carbocycles. The van der Waals surface area contributed by atoms with Gasteiger partial charge < -0.3 is 10.1 Å². The van der Waals surface area contributed by atoms with Crippen LogP contribution in [0.4, 0.5) is 0 Å². The Morgan fingerprint density at radius 1 is 1.00 bits per heavy atom. The third-order valence-corrected chi connectivity index (χ3v) is 4.33. The minimum absolute atomic E-state index is 0.0463. The average molecular weight is 344 g/mol. The van der Waals surface area contributed by atoms with Crippen LogP contribution in [-0.4, -0.2) is 23.2 Å². The van der Waals surface area contributed by atoms with Crippen molar-refractivity contribution in [2.75, 3.05) is 6.54 Å². The predicted octanol–water partition coefficient (Wildman–Crippen LogP) is 3.25. The Bertz CT molecular complexity index is 984. The zero-order valence-electron chi connectivity index (χ0n) is 13.9. The summed E-state index contributed by atoms with van der Waals surface area (Å²) >= 11 is 0. The Balaban J connectivity index is 1.49. The van der Waals surface area contributed by atoms with Gasteiger partial charge in [0.25, 0.3) is 5.91 Å². The fraction of sp³-hybridized carbons (Fsp3) is 0.0952. The standard InChI is InChI=1S/C21H16N2O3/c24-19(14-4-2-1-3-5-14)12-23-21(25)15-6-7-18-17-8-9-22-11-16(17)13-26-20(18)10-15/h1-11H,12-13H2,(H,23,25). The van der Waals surface area contributed by atoms with Crippen LogP contribution < -0.4 is 10.1 Å². The fourth-order valence-electron chi connectivity index (χ4n) is 2.95. The second-order valence-corrected chi connectivity index (χ2v) is 6.00. The van der Waals surface area contributed by atoms with Crippen molar-refractivity contribution >= 4 is 11.7 Å². The molecule has 2 aromatic carbocycles. The molecule has 5 heteroatoms. The number of rotatable bonds is 4. The summed E-state index contributed by atoms with van der Waals surface area (Å²) in [6, 6.07) is 16.1. The molecule has 0 atom stereocenters. The van der Waals surface area contributed by atoms with Gasteiger partial charge in [0.2, 0.25) is 0 Å². The molecule has 128 valence electrons. The van der Waals surface area contributed by atoms with Crippen LogP contribution in [0.2, 0.25) is 0 Å². The Labute approximate surface area is 150 Å². The van der Waals surface area contributed by atoms with E-state index in [0.717, 1.165) is 16.7 Å². The zero-order chi connectivity index (χ0) is 17.9. The van der Waals surface area contributed by atoms with Crippen molar-refractivity contribution in [2.45, 2.75) is 6.61 Å². The molecule has 0 saturated heterocycles. The minimum Gasteiger partial charge on any atom is -0.488 e. The molecule has 0 radical (unpaired) electrons. The summed E-state index contributed by atoms with van der Waals surface area (Å²) in [5.74, 6) is 0.224. The Hall–Kier alpha value is -3.47. The van der Waals surface area contributed by atoms with E-state index in [1.165, 1.54) is 0 Å². The number of amides is 1. The molecule has 26 heavy (non-hydrogen) atoms. The smallest absolute Gasteiger partial charge is 0.251 e. The Kier molecular flexibility index (Phi) is 4.19. The molecule has 0 fully saturated rings. The number of Topliss-reactive ketones (excluding diaryl/α,β-unsaturated/α-hetero) is 1. The lowest BCUT2D eigenvalue weighted by Gasteiger charge is -2.20. The van der Waals surface area contributed by atoms with Gasteiger partial charge in [-0.15, -0.1) is 0 Å². The summed E-state index contributed by atoms with van der Waals surface area (Å²) in [5.41, 5.74) is 4.05. The normalized spacial score (nSPS) is 11.7. The number of ketones is 1. The third kappa shape index (κ3) is 3.07. The van der Waals surface area contributed by atoms with E-state index in [2.05, 4.69) is 10.3 Å². The van der Waals surface area contributed by atoms with Crippen LogP contribution >= 0.6 is 0 Å². The van der Waals surface area contributed by atoms with E-state index in [0.29, 0.717) is 23.5 Å². The van der Waals surface area contributed by atoms with Gasteiger partial charge >= 0.3 is 0 Å². The summed E-state index contributed by atoms with van der Waals surface area (Å²) in [7, 11) is 0. The highest BCUT2D eigenvalue weighted by molar-refractivity contribution is 6.02. The number of benzene rings is 2. The molecular formula is C21H16N2O3. The first-order valence-corrected chi connectivity index (χ1v) is 8.29. The molecule has 5 nitrogen and oxygen atoms in total. The Morgan fingerprint density at radius 3 is 2.69 bits per heavy atom. The molecule has 0 unspecified atom stereocenters. The van der Waals surface area contributed by atoms with E-state index >= 15 is 0 Å². The number of nitrogens with one attached hydrogen (secondary N) is 1. The van der Waals surface area contributed by atoms with Crippen molar-refractivity contribution in [1.29, 1.82) is 0 Å². The van der Waals surface area contributed by atoms with Crippen molar-refractivity contribution < 1.29 is 14.3 Å². The van der Waals surface area contributed by atoms with Crippen molar-refractivity contribution in [3.63, 3.8) is 0 Å². The second kappa shape index (κ2) is 6.80. The van der Waals surface area contributed by atoms with Gasteiger partial charge in [-0.25, -0.2) is 0 Å². The predicted molar refractivity (Wildman–Crippen MR) is 97.1 cm³/mol. The SMILES string of the molecule is O=C(CNC(=O)c1ccc2c(c1)OCc1cnccc1-2)c1ccccc1. The number of ether oxygens (including phenoxy) is 1. The summed E-state index contributed by atoms with van der Waals surface area (Å²) in [6.45, 7) is 0.378. The number of pyridine rings is 1. The molecular weight excluding hydrogens is 328 g/mol. The van der Waals surface area contributed by atoms with Crippen molar-refractivity contribution in [3.8, 4) is 16.9 Å². The van der Waals surface area contributed by atoms with E-state index in [1.54, 1.807) is 48.8 Å². The topological polar surface area (TPSA) is 68.3 Å². The van der Waals surface area contributed by atoms with Crippen molar-refractivity contribution in [3.05, 3.63) is 83.7 Å². The van der Waals surface area contributed by atoms with Gasteiger partial charge in [0.15, 0.2) is 5.78 Å². The first kappa shape index (κ1) is 16.0. The van der Waals surface area contributed by atoms with Crippen LogP contribution in [0.15, 0.2) is 67.0 Å². The first-order valence-electron chi connectivity index (χ1n) is 8.29. The maximum atomic E-state index is 12.4. The molecule has 0 bridgehead atoms. The van der Waals surface area contributed by atoms with Gasteiger partial charge in [-0.05, 0) is 29.8 Å². The van der Waals surface area contributed by atoms with E-state index < -0.39 is 0 Å². The van der Waals surface area contributed by atoms with Gasteiger partial charge in [0.05, 0.1) is 6.54 Å². The maximum Gasteiger partial charge on any atom is 0.251 e. The fourth-order valence-corrected chi connectivity index (χ4v) is 2.95. The van der Waals surface area contributed by atoms with Crippen LogP contribution in [0.1, 0.15) is 26.3 Å². The highest BCUT2D eigenvalue weighted by atomic mass is 16.5. The molecule has 1 aromatic heterocycles. The quantitative estimate of drug-likeness (QED) is 0.738. The lowest BCUT2D eigenvalue weighted by Crippen LogP contribution is -2.29. The molecule has 1 amide bonds. The van der Waals surface area contributed by atoms with Gasteiger partial charge in [0.1, 0.15) is 12.4 Å². The molecule has 1 aliphatic rings. The van der Waals surface area contributed by atoms with Gasteiger partial charge in [0, 0.05) is 34.6 Å². The molecule has 0 aliphatic carbocycles. The number of aromatic nitrogens is 1. The van der Waals surface area contributed by atoms with E-state index in [-0.39, 0.29) is 18.2 Å². The molecule has 1 aliphatic heterocycles. The van der Waals surface area contributed by atoms with E-state index in [4.69, 9.17) is 4.74 Å². The third-order valence-electron chi connectivity index (χ3n) is 4.33. The van der Waals surface area contributed by atoms with Crippen LogP contribution in [0.25, 0.3) is 11.1 Å². The summed E-state index contributed by atoms with van der Waals surface area (Å²) < 4.78 is 5.75. The Morgan fingerprint density at radius 2 is 1.85 bits per heavy atom. The summed E-state index contributed by atoms with van der Waals surface area (Å²) in [5, 5.41) is 2.67. The lowest BCUT2D eigenvalue weighted by atomic mass is 9.97. The molecule has 1 N–H and O–H groups in total. The molecule has 4 rings (SSSR count). The van der Waals surface area contributed by atoms with E-state index in [9.17, 15) is 9.59 Å². The first-order chi connectivity index (χ1) is 12.7. The summed E-state index contributed by atoms with van der Waals surface area (Å²) in [4.78, 5) is 28.6. The molecule has 0 spiro atoms. The lowest BCUT2D eigenvalue weighted by molar-refractivity contribution is 0.0904. The van der Waals surface area contributed by atoms with Crippen molar-refractivity contribution in [1.82, 2.24) is 10.3 Å². The number of nitrogens with zero attached hydrogens (tertiary/aromatic N) is 1. The highest BCUT2D eigenvalue weighted by Crippen LogP contribution is 2.37. The van der Waals surface area contributed by atoms with Gasteiger partial charge in [-0.3, -0.25) is 14.6 Å². The monoisotopic (exact) mass is 344 g/mol. The number of carbonyl (C=O) groups is 2. The average Bonchev–Trinajstić information content (AvgIpc) is 2.71. The maximum absolute atomic E-state index is 12.4. The van der Waals surface area contributed by atoms with Gasteiger partial charge in [-0.2, -0.15) is 0 Å². The summed E-state index contributed by atoms with van der Waals surface area (Å²) in [6.07, 6.45) is 3.53. The second-order valence-electron chi connectivity index (χ2n) is 6.00. The largest absolute Gasteiger partial charge is 0.488 e. The minimum atomic E-state index is -0.304. The highest BCUT2D eigenvalue weighted by Gasteiger charge is 2.19. The number of hydrogen-bond donors (Lipinski definition) is 1. The number of carbonyl (C=O) groups excluding carboxylic acids is 2.